The topological polar surface area (TPSA) is 23.6 Å². The van der Waals surface area contributed by atoms with Gasteiger partial charge in [0.2, 0.25) is 0 Å². The average Bonchev–Trinajstić information content (AvgIpc) is 2.04. The molecule has 0 amide bonds. The average molecular weight is 186 g/mol. The van der Waals surface area contributed by atoms with E-state index in [4.69, 9.17) is 0 Å². The maximum Gasteiger partial charge on any atom is 0.137 e. The molecular formula is C10H22N2O. The normalized spacial score (nSPS) is 14.2. The highest BCUT2D eigenvalue weighted by atomic mass is 16.1. The van der Waals surface area contributed by atoms with Crippen molar-refractivity contribution in [1.29, 1.82) is 0 Å². The molecule has 0 saturated carbocycles. The van der Waals surface area contributed by atoms with Crippen LogP contribution in [0.5, 0.6) is 0 Å². The Morgan fingerprint density at radius 1 is 1.23 bits per heavy atom. The standard InChI is InChI=1S/C10H22N2O/c1-9(2)12(5)7-6-10(8-13)11(3)4/h8-10H,6-7H2,1-5H3. The lowest BCUT2D eigenvalue weighted by Gasteiger charge is -2.24. The number of rotatable bonds is 6. The minimum atomic E-state index is 0.0567. The van der Waals surface area contributed by atoms with E-state index in [9.17, 15) is 4.79 Å². The minimum absolute atomic E-state index is 0.0567. The van der Waals surface area contributed by atoms with E-state index in [1.807, 2.05) is 19.0 Å². The molecule has 0 saturated heterocycles. The number of hydrogen-bond acceptors (Lipinski definition) is 3. The summed E-state index contributed by atoms with van der Waals surface area (Å²) in [6.07, 6.45) is 1.93. The van der Waals surface area contributed by atoms with Gasteiger partial charge in [0.05, 0.1) is 6.04 Å². The quantitative estimate of drug-likeness (QED) is 0.574. The highest BCUT2D eigenvalue weighted by Crippen LogP contribution is 2.00. The van der Waals surface area contributed by atoms with Gasteiger partial charge in [0.25, 0.3) is 0 Å². The maximum absolute atomic E-state index is 10.7. The molecule has 0 N–H and O–H groups in total. The highest BCUT2D eigenvalue weighted by Gasteiger charge is 2.11. The van der Waals surface area contributed by atoms with E-state index in [0.717, 1.165) is 19.3 Å². The zero-order valence-corrected chi connectivity index (χ0v) is 9.45. The van der Waals surface area contributed by atoms with Crippen LogP contribution in [0.1, 0.15) is 20.3 Å². The van der Waals surface area contributed by atoms with Crippen LogP contribution in [0.4, 0.5) is 0 Å². The first-order chi connectivity index (χ1) is 5.99. The van der Waals surface area contributed by atoms with E-state index < -0.39 is 0 Å². The van der Waals surface area contributed by atoms with Gasteiger partial charge in [-0.15, -0.1) is 0 Å². The first kappa shape index (κ1) is 12.6. The van der Waals surface area contributed by atoms with E-state index in [1.54, 1.807) is 0 Å². The van der Waals surface area contributed by atoms with E-state index in [1.165, 1.54) is 0 Å². The SMILES string of the molecule is CC(C)N(C)CCC(C=O)N(C)C. The second-order valence-electron chi connectivity index (χ2n) is 4.03. The Morgan fingerprint density at radius 3 is 2.08 bits per heavy atom. The molecule has 0 rings (SSSR count). The molecule has 0 aliphatic rings. The molecule has 0 aromatic heterocycles. The molecule has 0 spiro atoms. The maximum atomic E-state index is 10.7. The van der Waals surface area contributed by atoms with Crippen molar-refractivity contribution in [3.05, 3.63) is 0 Å². The van der Waals surface area contributed by atoms with Gasteiger partial charge in [-0.3, -0.25) is 4.90 Å². The summed E-state index contributed by atoms with van der Waals surface area (Å²) in [7, 11) is 5.96. The fourth-order valence-electron chi connectivity index (χ4n) is 1.04. The Bertz CT molecular complexity index is 146. The van der Waals surface area contributed by atoms with Gasteiger partial charge in [0, 0.05) is 12.6 Å². The van der Waals surface area contributed by atoms with Crippen LogP contribution in [0.15, 0.2) is 0 Å². The molecule has 78 valence electrons. The van der Waals surface area contributed by atoms with E-state index in [0.29, 0.717) is 6.04 Å². The number of aldehydes is 1. The molecule has 3 heteroatoms. The van der Waals surface area contributed by atoms with Crippen LogP contribution in [0.3, 0.4) is 0 Å². The third-order valence-corrected chi connectivity index (χ3v) is 2.48. The van der Waals surface area contributed by atoms with Gasteiger partial charge >= 0.3 is 0 Å². The Morgan fingerprint density at radius 2 is 1.77 bits per heavy atom. The summed E-state index contributed by atoms with van der Waals surface area (Å²) in [6, 6.07) is 0.607. The largest absolute Gasteiger partial charge is 0.304 e. The Labute approximate surface area is 81.7 Å². The molecule has 0 aliphatic heterocycles. The number of carbonyl (C=O) groups is 1. The van der Waals surface area contributed by atoms with E-state index in [2.05, 4.69) is 25.8 Å². The van der Waals surface area contributed by atoms with E-state index in [-0.39, 0.29) is 6.04 Å². The Balaban J connectivity index is 3.78. The summed E-state index contributed by atoms with van der Waals surface area (Å²) in [6.45, 7) is 5.29. The molecule has 3 nitrogen and oxygen atoms in total. The third-order valence-electron chi connectivity index (χ3n) is 2.48. The first-order valence-electron chi connectivity index (χ1n) is 4.81. The summed E-state index contributed by atoms with van der Waals surface area (Å²) in [5, 5.41) is 0. The van der Waals surface area contributed by atoms with Crippen LogP contribution in [-0.2, 0) is 4.79 Å². The fourth-order valence-corrected chi connectivity index (χ4v) is 1.04. The van der Waals surface area contributed by atoms with Crippen molar-refractivity contribution in [2.24, 2.45) is 0 Å². The fraction of sp³-hybridized carbons (Fsp3) is 0.900. The predicted octanol–water partition coefficient (Wildman–Crippen LogP) is 0.846. The van der Waals surface area contributed by atoms with Gasteiger partial charge in [-0.05, 0) is 41.4 Å². The van der Waals surface area contributed by atoms with Crippen molar-refractivity contribution in [3.8, 4) is 0 Å². The summed E-state index contributed by atoms with van der Waals surface area (Å²) in [5.41, 5.74) is 0. The second-order valence-corrected chi connectivity index (χ2v) is 4.03. The van der Waals surface area contributed by atoms with Gasteiger partial charge in [-0.1, -0.05) is 0 Å². The third kappa shape index (κ3) is 5.01. The Hall–Kier alpha value is -0.410. The van der Waals surface area contributed by atoms with Gasteiger partial charge in [-0.25, -0.2) is 0 Å². The van der Waals surface area contributed by atoms with Gasteiger partial charge < -0.3 is 9.69 Å². The zero-order valence-electron chi connectivity index (χ0n) is 9.45. The number of nitrogens with zero attached hydrogens (tertiary/aromatic N) is 2. The van der Waals surface area contributed by atoms with Crippen LogP contribution in [-0.4, -0.2) is 55.9 Å². The van der Waals surface area contributed by atoms with Crippen LogP contribution >= 0.6 is 0 Å². The molecule has 0 heterocycles. The zero-order chi connectivity index (χ0) is 10.4. The lowest BCUT2D eigenvalue weighted by atomic mass is 10.2. The van der Waals surface area contributed by atoms with Gasteiger partial charge in [-0.2, -0.15) is 0 Å². The van der Waals surface area contributed by atoms with Gasteiger partial charge in [0.1, 0.15) is 6.29 Å². The predicted molar refractivity (Wildman–Crippen MR) is 55.9 cm³/mol. The summed E-state index contributed by atoms with van der Waals surface area (Å²) in [4.78, 5) is 14.9. The van der Waals surface area contributed by atoms with Crippen molar-refractivity contribution in [3.63, 3.8) is 0 Å². The Kier molecular flexibility index (Phi) is 5.91. The minimum Gasteiger partial charge on any atom is -0.304 e. The van der Waals surface area contributed by atoms with Crippen molar-refractivity contribution >= 4 is 6.29 Å². The van der Waals surface area contributed by atoms with Crippen LogP contribution < -0.4 is 0 Å². The number of likely N-dealkylation sites (N-methyl/N-ethyl adjacent to an activating group) is 1. The molecule has 0 radical (unpaired) electrons. The smallest absolute Gasteiger partial charge is 0.137 e. The lowest BCUT2D eigenvalue weighted by Crippen LogP contribution is -2.35. The van der Waals surface area contributed by atoms with Crippen molar-refractivity contribution in [1.82, 2.24) is 9.80 Å². The number of hydrogen-bond donors (Lipinski definition) is 0. The molecule has 1 unspecified atom stereocenters. The summed E-state index contributed by atoms with van der Waals surface area (Å²) >= 11 is 0. The monoisotopic (exact) mass is 186 g/mol. The highest BCUT2D eigenvalue weighted by molar-refractivity contribution is 5.57. The second kappa shape index (κ2) is 6.11. The lowest BCUT2D eigenvalue weighted by molar-refractivity contribution is -0.111. The summed E-state index contributed by atoms with van der Waals surface area (Å²) < 4.78 is 0. The molecular weight excluding hydrogens is 164 g/mol. The van der Waals surface area contributed by atoms with Crippen LogP contribution in [0.25, 0.3) is 0 Å². The van der Waals surface area contributed by atoms with Crippen molar-refractivity contribution in [2.75, 3.05) is 27.7 Å². The molecule has 0 fully saturated rings. The number of carbonyl (C=O) groups excluding carboxylic acids is 1. The van der Waals surface area contributed by atoms with Crippen LogP contribution in [0, 0.1) is 0 Å². The van der Waals surface area contributed by atoms with Gasteiger partial charge in [0.15, 0.2) is 0 Å². The van der Waals surface area contributed by atoms with Crippen LogP contribution in [0.2, 0.25) is 0 Å². The molecule has 13 heavy (non-hydrogen) atoms. The molecule has 0 bridgehead atoms. The molecule has 1 atom stereocenters. The first-order valence-corrected chi connectivity index (χ1v) is 4.81. The molecule has 0 aromatic carbocycles. The molecule has 0 aliphatic carbocycles. The van der Waals surface area contributed by atoms with Crippen molar-refractivity contribution < 1.29 is 4.79 Å². The van der Waals surface area contributed by atoms with Crippen molar-refractivity contribution in [2.45, 2.75) is 32.4 Å². The van der Waals surface area contributed by atoms with E-state index >= 15 is 0 Å². The summed E-state index contributed by atoms with van der Waals surface area (Å²) in [5.74, 6) is 0. The molecule has 0 aromatic rings.